The first-order chi connectivity index (χ1) is 16.4. The molecule has 0 amide bonds. The van der Waals surface area contributed by atoms with Gasteiger partial charge in [-0.05, 0) is 30.5 Å². The van der Waals surface area contributed by atoms with Crippen molar-refractivity contribution in [3.05, 3.63) is 29.8 Å². The van der Waals surface area contributed by atoms with Gasteiger partial charge < -0.3 is 20.1 Å². The highest BCUT2D eigenvalue weighted by molar-refractivity contribution is 5.70. The number of aliphatic hydroxyl groups is 1. The van der Waals surface area contributed by atoms with E-state index in [2.05, 4.69) is 13.8 Å². The minimum Gasteiger partial charge on any atom is -0.494 e. The Morgan fingerprint density at radius 1 is 0.735 bits per heavy atom. The number of benzene rings is 1. The molecule has 0 spiro atoms. The van der Waals surface area contributed by atoms with Crippen molar-refractivity contribution in [3.63, 3.8) is 0 Å². The van der Waals surface area contributed by atoms with Crippen LogP contribution in [0, 0.1) is 0 Å². The van der Waals surface area contributed by atoms with Crippen LogP contribution in [0.5, 0.6) is 5.75 Å². The van der Waals surface area contributed by atoms with Crippen molar-refractivity contribution in [2.45, 2.75) is 123 Å². The molecule has 0 aliphatic carbocycles. The minimum absolute atomic E-state index is 0.0647. The smallest absolute Gasteiger partial charge is 0.307 e. The third-order valence-electron chi connectivity index (χ3n) is 5.60. The lowest BCUT2D eigenvalue weighted by Gasteiger charge is -2.07. The van der Waals surface area contributed by atoms with Crippen molar-refractivity contribution >= 4 is 11.9 Å². The molecule has 1 unspecified atom stereocenters. The van der Waals surface area contributed by atoms with E-state index >= 15 is 0 Å². The van der Waals surface area contributed by atoms with Crippen LogP contribution >= 0.6 is 0 Å². The average molecular weight is 481 g/mol. The fourth-order valence-electron chi connectivity index (χ4n) is 3.56. The molecule has 0 radical (unpaired) electrons. The van der Waals surface area contributed by atoms with Gasteiger partial charge in [0.25, 0.3) is 0 Å². The maximum atomic E-state index is 10.4. The molecule has 0 aromatic heterocycles. The summed E-state index contributed by atoms with van der Waals surface area (Å²) < 4.78 is 5.46. The predicted molar refractivity (Wildman–Crippen MR) is 138 cm³/mol. The molecular weight excluding hydrogens is 432 g/mol. The fraction of sp³-hybridized carbons (Fsp3) is 0.714. The maximum absolute atomic E-state index is 10.4. The van der Waals surface area contributed by atoms with Crippen molar-refractivity contribution < 1.29 is 29.6 Å². The average Bonchev–Trinajstić information content (AvgIpc) is 2.78. The Morgan fingerprint density at radius 3 is 1.71 bits per heavy atom. The third kappa shape index (κ3) is 21.7. The number of aliphatic hydroxyl groups excluding tert-OH is 1. The van der Waals surface area contributed by atoms with Crippen LogP contribution in [0.4, 0.5) is 0 Å². The maximum Gasteiger partial charge on any atom is 0.307 e. The van der Waals surface area contributed by atoms with Crippen molar-refractivity contribution in [1.29, 1.82) is 0 Å². The Morgan fingerprint density at radius 2 is 1.24 bits per heavy atom. The Hall–Kier alpha value is -2.08. The Bertz CT molecular complexity index is 614. The molecule has 1 rings (SSSR count). The molecule has 0 heterocycles. The van der Waals surface area contributed by atoms with E-state index in [0.717, 1.165) is 43.6 Å². The lowest BCUT2D eigenvalue weighted by atomic mass is 10.0. The summed E-state index contributed by atoms with van der Waals surface area (Å²) in [6, 6.07) is 7.20. The van der Waals surface area contributed by atoms with Gasteiger partial charge in [-0.3, -0.25) is 9.59 Å². The topological polar surface area (TPSA) is 104 Å². The van der Waals surface area contributed by atoms with E-state index in [9.17, 15) is 14.7 Å². The number of hydrogen-bond donors (Lipinski definition) is 3. The van der Waals surface area contributed by atoms with E-state index in [1.807, 2.05) is 12.1 Å². The summed E-state index contributed by atoms with van der Waals surface area (Å²) in [5.41, 5.74) is 0.797. The summed E-state index contributed by atoms with van der Waals surface area (Å²) in [6.07, 6.45) is 16.1. The fourth-order valence-corrected chi connectivity index (χ4v) is 3.56. The summed E-state index contributed by atoms with van der Waals surface area (Å²) in [5.74, 6) is -0.914. The van der Waals surface area contributed by atoms with Crippen molar-refractivity contribution in [3.8, 4) is 5.75 Å². The van der Waals surface area contributed by atoms with Crippen LogP contribution in [0.15, 0.2) is 24.3 Å². The van der Waals surface area contributed by atoms with Gasteiger partial charge in [0.15, 0.2) is 0 Å². The van der Waals surface area contributed by atoms with Crippen LogP contribution in [0.25, 0.3) is 0 Å². The molecular formula is C28H48O6. The summed E-state index contributed by atoms with van der Waals surface area (Å²) in [7, 11) is 0. The number of carboxylic acid groups (broad SMARTS) is 2. The van der Waals surface area contributed by atoms with Crippen molar-refractivity contribution in [2.24, 2.45) is 0 Å². The van der Waals surface area contributed by atoms with Gasteiger partial charge >= 0.3 is 11.9 Å². The zero-order chi connectivity index (χ0) is 25.4. The summed E-state index contributed by atoms with van der Waals surface area (Å²) in [6.45, 7) is 5.07. The molecule has 3 N–H and O–H groups in total. The molecule has 6 heteroatoms. The summed E-state index contributed by atoms with van der Waals surface area (Å²) in [4.78, 5) is 20.8. The van der Waals surface area contributed by atoms with Crippen LogP contribution < -0.4 is 4.74 Å². The van der Waals surface area contributed by atoms with Gasteiger partial charge in [-0.15, -0.1) is 0 Å². The molecule has 0 aliphatic heterocycles. The first-order valence-electron chi connectivity index (χ1n) is 13.2. The zero-order valence-corrected chi connectivity index (χ0v) is 21.5. The van der Waals surface area contributed by atoms with Gasteiger partial charge in [0.2, 0.25) is 0 Å². The quantitative estimate of drug-likeness (QED) is 0.173. The number of unbranched alkanes of at least 4 members (excludes halogenated alkanes) is 11. The van der Waals surface area contributed by atoms with E-state index in [-0.39, 0.29) is 12.8 Å². The van der Waals surface area contributed by atoms with Gasteiger partial charge in [-0.1, -0.05) is 103 Å². The third-order valence-corrected chi connectivity index (χ3v) is 5.60. The van der Waals surface area contributed by atoms with E-state index in [4.69, 9.17) is 14.9 Å². The van der Waals surface area contributed by atoms with Crippen LogP contribution in [0.2, 0.25) is 0 Å². The van der Waals surface area contributed by atoms with Crippen LogP contribution in [-0.2, 0) is 16.0 Å². The number of aliphatic carboxylic acids is 2. The molecule has 1 aromatic carbocycles. The highest BCUT2D eigenvalue weighted by atomic mass is 16.5. The number of ether oxygens (including phenoxy) is 1. The monoisotopic (exact) mass is 480 g/mol. The number of hydrogen-bond acceptors (Lipinski definition) is 4. The molecule has 0 saturated heterocycles. The molecule has 0 aliphatic rings. The molecule has 196 valence electrons. The second kappa shape index (κ2) is 22.7. The summed E-state index contributed by atoms with van der Waals surface area (Å²) >= 11 is 0. The van der Waals surface area contributed by atoms with Crippen LogP contribution in [0.3, 0.4) is 0 Å². The zero-order valence-electron chi connectivity index (χ0n) is 21.5. The lowest BCUT2D eigenvalue weighted by molar-refractivity contribution is -0.139. The standard InChI is InChI=1S/C16H32O3.C12H16O3/c1-2-3-4-5-6-7-8-9-10-11-12-13-15(17)14-16(18)19;1-2-3-8-15-11-6-4-10(5-7-11)9-12(13)14/h15,17H,2-14H2,1H3,(H,18,19);4-7H,2-3,8-9H2,1H3,(H,13,14). The molecule has 1 aromatic rings. The summed E-state index contributed by atoms with van der Waals surface area (Å²) in [5, 5.41) is 26.5. The highest BCUT2D eigenvalue weighted by Gasteiger charge is 2.08. The van der Waals surface area contributed by atoms with Crippen molar-refractivity contribution in [2.75, 3.05) is 6.61 Å². The normalized spacial score (nSPS) is 11.4. The van der Waals surface area contributed by atoms with E-state index < -0.39 is 18.0 Å². The highest BCUT2D eigenvalue weighted by Crippen LogP contribution is 2.14. The Labute approximate surface area is 206 Å². The molecule has 0 fully saturated rings. The van der Waals surface area contributed by atoms with E-state index in [1.54, 1.807) is 12.1 Å². The molecule has 6 nitrogen and oxygen atoms in total. The van der Waals surface area contributed by atoms with Gasteiger partial charge in [0.1, 0.15) is 5.75 Å². The van der Waals surface area contributed by atoms with Gasteiger partial charge in [-0.25, -0.2) is 0 Å². The van der Waals surface area contributed by atoms with Crippen molar-refractivity contribution in [1.82, 2.24) is 0 Å². The molecule has 1 atom stereocenters. The first-order valence-corrected chi connectivity index (χ1v) is 13.2. The number of carbonyl (C=O) groups is 2. The molecule has 34 heavy (non-hydrogen) atoms. The molecule has 0 bridgehead atoms. The number of rotatable bonds is 20. The Kier molecular flexibility index (Phi) is 21.3. The largest absolute Gasteiger partial charge is 0.494 e. The Balaban J connectivity index is 0.000000657. The van der Waals surface area contributed by atoms with E-state index in [0.29, 0.717) is 6.42 Å². The SMILES string of the molecule is CCCCCCCCCCCCCC(O)CC(=O)O.CCCCOc1ccc(CC(=O)O)cc1. The van der Waals surface area contributed by atoms with Gasteiger partial charge in [0, 0.05) is 0 Å². The molecule has 0 saturated carbocycles. The number of carboxylic acids is 2. The van der Waals surface area contributed by atoms with Gasteiger partial charge in [-0.2, -0.15) is 0 Å². The second-order valence-corrected chi connectivity index (χ2v) is 8.99. The first kappa shape index (κ1) is 31.9. The van der Waals surface area contributed by atoms with Gasteiger partial charge in [0.05, 0.1) is 25.6 Å². The predicted octanol–water partition coefficient (Wildman–Crippen LogP) is 7.02. The van der Waals surface area contributed by atoms with E-state index in [1.165, 1.54) is 57.8 Å². The lowest BCUT2D eigenvalue weighted by Crippen LogP contribution is -2.12. The second-order valence-electron chi connectivity index (χ2n) is 8.99. The minimum atomic E-state index is -0.907. The van der Waals surface area contributed by atoms with Crippen LogP contribution in [-0.4, -0.2) is 40.0 Å². The van der Waals surface area contributed by atoms with Crippen LogP contribution in [0.1, 0.15) is 116 Å².